The Morgan fingerprint density at radius 3 is 1.51 bits per heavy atom. The lowest BCUT2D eigenvalue weighted by Crippen LogP contribution is -2.10. The van der Waals surface area contributed by atoms with Gasteiger partial charge in [0.2, 0.25) is 0 Å². The molecule has 0 atom stereocenters. The first-order valence-corrected chi connectivity index (χ1v) is 21.8. The van der Waals surface area contributed by atoms with Crippen molar-refractivity contribution in [2.75, 3.05) is 4.90 Å². The van der Waals surface area contributed by atoms with Crippen molar-refractivity contribution in [3.05, 3.63) is 249 Å². The normalized spacial score (nSPS) is 11.5. The Morgan fingerprint density at radius 1 is 0.222 bits per heavy atom. The number of hydrogen-bond acceptors (Lipinski definition) is 1. The lowest BCUT2D eigenvalue weighted by Gasteiger charge is -2.28. The van der Waals surface area contributed by atoms with Gasteiger partial charge in [0.05, 0.1) is 0 Å². The minimum absolute atomic E-state index is 1.10. The molecular weight excluding hydrogens is 759 g/mol. The number of fused-ring (bicyclic) bond motifs is 8. The van der Waals surface area contributed by atoms with Crippen molar-refractivity contribution in [1.29, 1.82) is 0 Å². The molecule has 0 spiro atoms. The molecule has 0 amide bonds. The van der Waals surface area contributed by atoms with E-state index in [1.54, 1.807) is 0 Å². The van der Waals surface area contributed by atoms with Crippen LogP contribution in [-0.2, 0) is 0 Å². The van der Waals surface area contributed by atoms with Crippen molar-refractivity contribution >= 4 is 70.9 Å². The second-order valence-corrected chi connectivity index (χ2v) is 16.4. The van der Waals surface area contributed by atoms with Gasteiger partial charge in [0, 0.05) is 17.1 Å². The lowest BCUT2D eigenvalue weighted by molar-refractivity contribution is 1.30. The summed E-state index contributed by atoms with van der Waals surface area (Å²) in [5.41, 5.74) is 13.0. The Labute approximate surface area is 367 Å². The van der Waals surface area contributed by atoms with Crippen LogP contribution in [-0.4, -0.2) is 0 Å². The Bertz CT molecular complexity index is 3660. The van der Waals surface area contributed by atoms with Crippen LogP contribution in [0.2, 0.25) is 0 Å². The molecule has 0 fully saturated rings. The molecule has 0 aromatic heterocycles. The van der Waals surface area contributed by atoms with Gasteiger partial charge in [-0.1, -0.05) is 206 Å². The Hall–Kier alpha value is -8.26. The summed E-state index contributed by atoms with van der Waals surface area (Å²) in [6, 6.07) is 91.2. The van der Waals surface area contributed by atoms with E-state index in [1.807, 2.05) is 0 Å². The third-order valence-electron chi connectivity index (χ3n) is 12.8. The zero-order chi connectivity index (χ0) is 41.7. The quantitative estimate of drug-likeness (QED) is 0.145. The molecule has 0 radical (unpaired) electrons. The standard InChI is InChI=1S/C62H41N/c1-4-19-44(20-5-1)57-41-58(45-21-6-2-7-22-45)61-55-32-15-14-31-54(55)59-40-51(36-37-56(59)62(61)60(57)46-24-8-3-9-25-46)63(50-35-34-42-18-10-11-26-47(42)38-50)49-29-16-28-48(39-49)53-33-17-27-43-23-12-13-30-52(43)53/h1-41H. The van der Waals surface area contributed by atoms with Gasteiger partial charge >= 0.3 is 0 Å². The molecule has 12 rings (SSSR count). The smallest absolute Gasteiger partial charge is 0.0468 e. The van der Waals surface area contributed by atoms with Crippen LogP contribution in [0.5, 0.6) is 0 Å². The summed E-state index contributed by atoms with van der Waals surface area (Å²) in [6.45, 7) is 0. The van der Waals surface area contributed by atoms with Crippen LogP contribution in [0.1, 0.15) is 0 Å². The summed E-state index contributed by atoms with van der Waals surface area (Å²) in [5, 5.41) is 12.4. The molecule has 12 aromatic rings. The van der Waals surface area contributed by atoms with Crippen LogP contribution in [0.3, 0.4) is 0 Å². The summed E-state index contributed by atoms with van der Waals surface area (Å²) >= 11 is 0. The van der Waals surface area contributed by atoms with E-state index in [2.05, 4.69) is 254 Å². The molecule has 0 aliphatic rings. The molecule has 0 aliphatic carbocycles. The number of hydrogen-bond donors (Lipinski definition) is 0. The lowest BCUT2D eigenvalue weighted by atomic mass is 9.81. The molecule has 0 aliphatic heterocycles. The molecule has 0 heterocycles. The van der Waals surface area contributed by atoms with E-state index < -0.39 is 0 Å². The third kappa shape index (κ3) is 6.33. The van der Waals surface area contributed by atoms with Crippen LogP contribution >= 0.6 is 0 Å². The van der Waals surface area contributed by atoms with Crippen molar-refractivity contribution in [2.24, 2.45) is 0 Å². The summed E-state index contributed by atoms with van der Waals surface area (Å²) in [5.74, 6) is 0. The van der Waals surface area contributed by atoms with Crippen LogP contribution in [0.15, 0.2) is 249 Å². The average molecular weight is 800 g/mol. The zero-order valence-corrected chi connectivity index (χ0v) is 34.6. The van der Waals surface area contributed by atoms with Gasteiger partial charge in [-0.2, -0.15) is 0 Å². The van der Waals surface area contributed by atoms with E-state index in [-0.39, 0.29) is 0 Å². The fraction of sp³-hybridized carbons (Fsp3) is 0. The van der Waals surface area contributed by atoms with E-state index in [1.165, 1.54) is 98.4 Å². The molecule has 0 bridgehead atoms. The van der Waals surface area contributed by atoms with Crippen molar-refractivity contribution in [1.82, 2.24) is 0 Å². The molecule has 0 saturated carbocycles. The topological polar surface area (TPSA) is 3.24 Å². The predicted octanol–water partition coefficient (Wildman–Crippen LogP) is 17.6. The molecular formula is C62H41N. The first kappa shape index (κ1) is 36.6. The summed E-state index contributed by atoms with van der Waals surface area (Å²) in [7, 11) is 0. The predicted molar refractivity (Wildman–Crippen MR) is 270 cm³/mol. The Morgan fingerprint density at radius 2 is 0.746 bits per heavy atom. The molecule has 0 unspecified atom stereocenters. The van der Waals surface area contributed by atoms with Gasteiger partial charge in [0.1, 0.15) is 0 Å². The van der Waals surface area contributed by atoms with E-state index in [0.717, 1.165) is 17.1 Å². The number of anilines is 3. The van der Waals surface area contributed by atoms with Gasteiger partial charge in [-0.05, 0) is 141 Å². The molecule has 1 nitrogen and oxygen atoms in total. The summed E-state index contributed by atoms with van der Waals surface area (Å²) < 4.78 is 0. The maximum Gasteiger partial charge on any atom is 0.0468 e. The number of rotatable bonds is 7. The highest BCUT2D eigenvalue weighted by atomic mass is 15.1. The molecule has 1 heteroatoms. The fourth-order valence-corrected chi connectivity index (χ4v) is 9.93. The number of nitrogens with zero attached hydrogens (tertiary/aromatic N) is 1. The second-order valence-electron chi connectivity index (χ2n) is 16.4. The van der Waals surface area contributed by atoms with Gasteiger partial charge in [0.15, 0.2) is 0 Å². The van der Waals surface area contributed by atoms with Gasteiger partial charge in [-0.15, -0.1) is 0 Å². The average Bonchev–Trinajstić information content (AvgIpc) is 3.36. The molecule has 0 saturated heterocycles. The Balaban J connectivity index is 1.18. The van der Waals surface area contributed by atoms with E-state index in [9.17, 15) is 0 Å². The van der Waals surface area contributed by atoms with Gasteiger partial charge in [-0.3, -0.25) is 0 Å². The van der Waals surface area contributed by atoms with Crippen LogP contribution in [0.25, 0.3) is 98.4 Å². The Kier molecular flexibility index (Phi) is 8.90. The highest BCUT2D eigenvalue weighted by Gasteiger charge is 2.23. The second kappa shape index (κ2) is 15.3. The highest BCUT2D eigenvalue weighted by Crippen LogP contribution is 2.50. The van der Waals surface area contributed by atoms with Crippen molar-refractivity contribution in [3.63, 3.8) is 0 Å². The van der Waals surface area contributed by atoms with Gasteiger partial charge in [-0.25, -0.2) is 0 Å². The molecule has 63 heavy (non-hydrogen) atoms. The monoisotopic (exact) mass is 799 g/mol. The fourth-order valence-electron chi connectivity index (χ4n) is 9.93. The van der Waals surface area contributed by atoms with Crippen LogP contribution in [0.4, 0.5) is 17.1 Å². The van der Waals surface area contributed by atoms with Crippen molar-refractivity contribution < 1.29 is 0 Å². The molecule has 294 valence electrons. The minimum Gasteiger partial charge on any atom is -0.310 e. The zero-order valence-electron chi connectivity index (χ0n) is 34.6. The minimum atomic E-state index is 1.10. The first-order valence-electron chi connectivity index (χ1n) is 21.8. The maximum absolute atomic E-state index is 2.44. The molecule has 0 N–H and O–H groups in total. The van der Waals surface area contributed by atoms with Gasteiger partial charge in [0.25, 0.3) is 0 Å². The van der Waals surface area contributed by atoms with Crippen molar-refractivity contribution in [2.45, 2.75) is 0 Å². The highest BCUT2D eigenvalue weighted by molar-refractivity contribution is 6.33. The maximum atomic E-state index is 2.44. The van der Waals surface area contributed by atoms with Crippen molar-refractivity contribution in [3.8, 4) is 44.5 Å². The first-order chi connectivity index (χ1) is 31.3. The number of benzene rings is 12. The van der Waals surface area contributed by atoms with Crippen LogP contribution < -0.4 is 4.90 Å². The summed E-state index contributed by atoms with van der Waals surface area (Å²) in [6.07, 6.45) is 0. The van der Waals surface area contributed by atoms with E-state index >= 15 is 0 Å². The SMILES string of the molecule is c1ccc(-c2cc(-c3ccccc3)c3c4ccccc4c4cc(N(c5cccc(-c6cccc7ccccc67)c5)c5ccc6ccccc6c5)ccc4c3c2-c2ccccc2)cc1. The largest absolute Gasteiger partial charge is 0.310 e. The van der Waals surface area contributed by atoms with E-state index in [0.29, 0.717) is 0 Å². The summed E-state index contributed by atoms with van der Waals surface area (Å²) in [4.78, 5) is 2.44. The molecule has 12 aromatic carbocycles. The van der Waals surface area contributed by atoms with Gasteiger partial charge < -0.3 is 4.90 Å². The third-order valence-corrected chi connectivity index (χ3v) is 12.8. The van der Waals surface area contributed by atoms with E-state index in [4.69, 9.17) is 0 Å². The van der Waals surface area contributed by atoms with Crippen LogP contribution in [0, 0.1) is 0 Å².